The van der Waals surface area contributed by atoms with E-state index in [1.165, 1.54) is 0 Å². The molecule has 4 heteroatoms. The standard InChI is InChI=1S/C13H15N3O/c1-3-17-11-6-4-10(5-7-11)13-15-9-8-12(14-2)16-13/h4-9H,3H2,1-2H3,(H,14,15,16). The van der Waals surface area contributed by atoms with E-state index in [2.05, 4.69) is 15.3 Å². The van der Waals surface area contributed by atoms with Crippen LogP contribution in [0.15, 0.2) is 36.5 Å². The molecule has 4 nitrogen and oxygen atoms in total. The second-order valence-electron chi connectivity index (χ2n) is 3.47. The van der Waals surface area contributed by atoms with Gasteiger partial charge >= 0.3 is 0 Å². The molecule has 88 valence electrons. The van der Waals surface area contributed by atoms with Crippen molar-refractivity contribution in [3.05, 3.63) is 36.5 Å². The van der Waals surface area contributed by atoms with Crippen molar-refractivity contribution in [3.8, 4) is 17.1 Å². The number of anilines is 1. The predicted molar refractivity (Wildman–Crippen MR) is 68.2 cm³/mol. The molecule has 0 radical (unpaired) electrons. The Morgan fingerprint density at radius 1 is 1.18 bits per heavy atom. The Labute approximate surface area is 101 Å². The molecular formula is C13H15N3O. The molecule has 1 aromatic carbocycles. The van der Waals surface area contributed by atoms with E-state index in [0.29, 0.717) is 12.4 Å². The summed E-state index contributed by atoms with van der Waals surface area (Å²) in [6.45, 7) is 2.64. The highest BCUT2D eigenvalue weighted by molar-refractivity contribution is 5.57. The van der Waals surface area contributed by atoms with E-state index in [-0.39, 0.29) is 0 Å². The van der Waals surface area contributed by atoms with Crippen molar-refractivity contribution in [1.82, 2.24) is 9.97 Å². The molecule has 0 aliphatic carbocycles. The number of rotatable bonds is 4. The van der Waals surface area contributed by atoms with Gasteiger partial charge in [0.05, 0.1) is 6.61 Å². The van der Waals surface area contributed by atoms with Gasteiger partial charge in [-0.15, -0.1) is 0 Å². The van der Waals surface area contributed by atoms with Crippen LogP contribution < -0.4 is 10.1 Å². The van der Waals surface area contributed by atoms with Crippen LogP contribution in [0.5, 0.6) is 5.75 Å². The average Bonchev–Trinajstić information content (AvgIpc) is 2.40. The summed E-state index contributed by atoms with van der Waals surface area (Å²) in [4.78, 5) is 8.62. The largest absolute Gasteiger partial charge is 0.494 e. The topological polar surface area (TPSA) is 47.0 Å². The fourth-order valence-corrected chi connectivity index (χ4v) is 1.50. The van der Waals surface area contributed by atoms with Crippen molar-refractivity contribution in [2.24, 2.45) is 0 Å². The number of nitrogens with zero attached hydrogens (tertiary/aromatic N) is 2. The number of hydrogen-bond acceptors (Lipinski definition) is 4. The minimum Gasteiger partial charge on any atom is -0.494 e. The van der Waals surface area contributed by atoms with Gasteiger partial charge in [0.25, 0.3) is 0 Å². The summed E-state index contributed by atoms with van der Waals surface area (Å²) in [6.07, 6.45) is 1.74. The van der Waals surface area contributed by atoms with Crippen molar-refractivity contribution in [2.45, 2.75) is 6.92 Å². The van der Waals surface area contributed by atoms with Crippen molar-refractivity contribution in [1.29, 1.82) is 0 Å². The third kappa shape index (κ3) is 2.72. The first-order valence-electron chi connectivity index (χ1n) is 5.57. The van der Waals surface area contributed by atoms with Crippen LogP contribution in [0.25, 0.3) is 11.4 Å². The zero-order valence-corrected chi connectivity index (χ0v) is 9.97. The molecule has 1 aromatic heterocycles. The number of ether oxygens (including phenoxy) is 1. The first kappa shape index (κ1) is 11.4. The third-order valence-electron chi connectivity index (χ3n) is 2.34. The van der Waals surface area contributed by atoms with Gasteiger partial charge < -0.3 is 10.1 Å². The highest BCUT2D eigenvalue weighted by atomic mass is 16.5. The Balaban J connectivity index is 2.26. The minimum atomic E-state index is 0.672. The lowest BCUT2D eigenvalue weighted by molar-refractivity contribution is 0.340. The molecule has 0 bridgehead atoms. The minimum absolute atomic E-state index is 0.672. The summed E-state index contributed by atoms with van der Waals surface area (Å²) in [7, 11) is 1.84. The van der Waals surface area contributed by atoms with Gasteiger partial charge in [-0.3, -0.25) is 0 Å². The molecule has 0 unspecified atom stereocenters. The molecule has 0 fully saturated rings. The quantitative estimate of drug-likeness (QED) is 0.875. The molecule has 2 rings (SSSR count). The van der Waals surface area contributed by atoms with E-state index in [1.807, 2.05) is 44.3 Å². The Morgan fingerprint density at radius 2 is 1.94 bits per heavy atom. The zero-order chi connectivity index (χ0) is 12.1. The zero-order valence-electron chi connectivity index (χ0n) is 9.97. The van der Waals surface area contributed by atoms with Gasteiger partial charge in [0.1, 0.15) is 11.6 Å². The molecule has 0 saturated heterocycles. The van der Waals surface area contributed by atoms with Crippen LogP contribution in [0.1, 0.15) is 6.92 Å². The average molecular weight is 229 g/mol. The Hall–Kier alpha value is -2.10. The second kappa shape index (κ2) is 5.30. The first-order chi connectivity index (χ1) is 8.33. The van der Waals surface area contributed by atoms with Crippen LogP contribution in [-0.4, -0.2) is 23.6 Å². The van der Waals surface area contributed by atoms with Crippen molar-refractivity contribution < 1.29 is 4.74 Å². The van der Waals surface area contributed by atoms with E-state index in [1.54, 1.807) is 6.20 Å². The monoisotopic (exact) mass is 229 g/mol. The molecular weight excluding hydrogens is 214 g/mol. The maximum atomic E-state index is 5.39. The molecule has 17 heavy (non-hydrogen) atoms. The molecule has 0 aliphatic heterocycles. The van der Waals surface area contributed by atoms with E-state index >= 15 is 0 Å². The smallest absolute Gasteiger partial charge is 0.161 e. The second-order valence-corrected chi connectivity index (χ2v) is 3.47. The van der Waals surface area contributed by atoms with Gasteiger partial charge in [-0.25, -0.2) is 9.97 Å². The van der Waals surface area contributed by atoms with Crippen molar-refractivity contribution in [3.63, 3.8) is 0 Å². The highest BCUT2D eigenvalue weighted by Gasteiger charge is 2.02. The van der Waals surface area contributed by atoms with Crippen LogP contribution in [0.3, 0.4) is 0 Å². The molecule has 0 spiro atoms. The van der Waals surface area contributed by atoms with Crippen LogP contribution >= 0.6 is 0 Å². The van der Waals surface area contributed by atoms with Gasteiger partial charge in [-0.05, 0) is 37.3 Å². The van der Waals surface area contributed by atoms with Gasteiger partial charge in [0, 0.05) is 18.8 Å². The number of aromatic nitrogens is 2. The summed E-state index contributed by atoms with van der Waals surface area (Å²) in [5, 5.41) is 2.99. The maximum absolute atomic E-state index is 5.39. The fourth-order valence-electron chi connectivity index (χ4n) is 1.50. The lowest BCUT2D eigenvalue weighted by Crippen LogP contribution is -1.96. The summed E-state index contributed by atoms with van der Waals surface area (Å²) >= 11 is 0. The van der Waals surface area contributed by atoms with Crippen LogP contribution in [0.2, 0.25) is 0 Å². The Bertz CT molecular complexity index is 482. The number of benzene rings is 1. The first-order valence-corrected chi connectivity index (χ1v) is 5.57. The molecule has 0 saturated carbocycles. The van der Waals surface area contributed by atoms with Gasteiger partial charge in [-0.2, -0.15) is 0 Å². The van der Waals surface area contributed by atoms with Gasteiger partial charge in [0.2, 0.25) is 0 Å². The lowest BCUT2D eigenvalue weighted by Gasteiger charge is -2.05. The molecule has 0 amide bonds. The lowest BCUT2D eigenvalue weighted by atomic mass is 10.2. The summed E-state index contributed by atoms with van der Waals surface area (Å²) in [5.41, 5.74) is 0.977. The van der Waals surface area contributed by atoms with E-state index < -0.39 is 0 Å². The third-order valence-corrected chi connectivity index (χ3v) is 2.34. The highest BCUT2D eigenvalue weighted by Crippen LogP contribution is 2.19. The Morgan fingerprint density at radius 3 is 2.59 bits per heavy atom. The number of nitrogens with one attached hydrogen (secondary N) is 1. The number of hydrogen-bond donors (Lipinski definition) is 1. The van der Waals surface area contributed by atoms with Crippen LogP contribution in [0, 0.1) is 0 Å². The van der Waals surface area contributed by atoms with Crippen molar-refractivity contribution >= 4 is 5.82 Å². The molecule has 0 aliphatic rings. The predicted octanol–water partition coefficient (Wildman–Crippen LogP) is 2.58. The van der Waals surface area contributed by atoms with Gasteiger partial charge in [-0.1, -0.05) is 0 Å². The fraction of sp³-hybridized carbons (Fsp3) is 0.231. The van der Waals surface area contributed by atoms with Crippen LogP contribution in [0.4, 0.5) is 5.82 Å². The molecule has 0 atom stereocenters. The van der Waals surface area contributed by atoms with E-state index in [9.17, 15) is 0 Å². The Kier molecular flexibility index (Phi) is 3.55. The van der Waals surface area contributed by atoms with Crippen LogP contribution in [-0.2, 0) is 0 Å². The summed E-state index contributed by atoms with van der Waals surface area (Å²) in [6, 6.07) is 9.60. The molecule has 1 N–H and O–H groups in total. The molecule has 2 aromatic rings. The summed E-state index contributed by atoms with van der Waals surface area (Å²) < 4.78 is 5.39. The SMILES string of the molecule is CCOc1ccc(-c2nccc(NC)n2)cc1. The van der Waals surface area contributed by atoms with E-state index in [0.717, 1.165) is 17.1 Å². The summed E-state index contributed by atoms with van der Waals surface area (Å²) in [5.74, 6) is 2.38. The van der Waals surface area contributed by atoms with Gasteiger partial charge in [0.15, 0.2) is 5.82 Å². The van der Waals surface area contributed by atoms with Crippen molar-refractivity contribution in [2.75, 3.05) is 19.0 Å². The van der Waals surface area contributed by atoms with E-state index in [4.69, 9.17) is 4.74 Å². The maximum Gasteiger partial charge on any atom is 0.161 e. The molecule has 1 heterocycles. The normalized spacial score (nSPS) is 10.0.